The second-order valence-corrected chi connectivity index (χ2v) is 7.19. The third kappa shape index (κ3) is 2.33. The molecule has 0 atom stereocenters. The number of hydrogen-bond acceptors (Lipinski definition) is 2. The molecule has 0 amide bonds. The molecule has 21 heavy (non-hydrogen) atoms. The van der Waals surface area contributed by atoms with Gasteiger partial charge in [0, 0.05) is 35.6 Å². The Morgan fingerprint density at radius 3 is 2.62 bits per heavy atom. The van der Waals surface area contributed by atoms with Crippen LogP contribution in [0, 0.1) is 12.3 Å². The van der Waals surface area contributed by atoms with Gasteiger partial charge in [-0.05, 0) is 38.7 Å². The third-order valence-electron chi connectivity index (χ3n) is 4.25. The lowest BCUT2D eigenvalue weighted by Crippen LogP contribution is -2.27. The van der Waals surface area contributed by atoms with Crippen molar-refractivity contribution in [3.63, 3.8) is 0 Å². The Balaban J connectivity index is 2.13. The minimum absolute atomic E-state index is 0.0284. The maximum atomic E-state index is 12.4. The van der Waals surface area contributed by atoms with E-state index in [1.807, 2.05) is 16.9 Å². The molecule has 0 bridgehead atoms. The van der Waals surface area contributed by atoms with E-state index in [1.54, 1.807) is 0 Å². The summed E-state index contributed by atoms with van der Waals surface area (Å²) in [4.78, 5) is 12.4. The van der Waals surface area contributed by atoms with Gasteiger partial charge in [-0.25, -0.2) is 0 Å². The predicted octanol–water partition coefficient (Wildman–Crippen LogP) is 3.72. The van der Waals surface area contributed by atoms with Crippen molar-refractivity contribution in [1.82, 2.24) is 14.3 Å². The van der Waals surface area contributed by atoms with Gasteiger partial charge in [-0.1, -0.05) is 13.8 Å². The van der Waals surface area contributed by atoms with Crippen LogP contribution < -0.4 is 0 Å². The quantitative estimate of drug-likeness (QED) is 0.843. The fourth-order valence-corrected chi connectivity index (χ4v) is 3.24. The molecule has 1 aliphatic rings. The molecule has 2 aromatic rings. The molecule has 2 heterocycles. The molecule has 0 aromatic carbocycles. The number of aryl methyl sites for hydroxylation is 1. The van der Waals surface area contributed by atoms with Crippen LogP contribution in [0.5, 0.6) is 0 Å². The number of carbonyl (C=O) groups is 1. The van der Waals surface area contributed by atoms with Gasteiger partial charge in [0.05, 0.1) is 11.9 Å². The van der Waals surface area contributed by atoms with Gasteiger partial charge in [0.2, 0.25) is 0 Å². The molecule has 0 saturated carbocycles. The average Bonchev–Trinajstić information content (AvgIpc) is 2.92. The second-order valence-electron chi connectivity index (χ2n) is 7.19. The lowest BCUT2D eigenvalue weighted by atomic mass is 9.76. The number of aromatic nitrogens is 3. The van der Waals surface area contributed by atoms with Crippen LogP contribution in [0.15, 0.2) is 18.5 Å². The van der Waals surface area contributed by atoms with E-state index in [0.29, 0.717) is 12.5 Å². The lowest BCUT2D eigenvalue weighted by Gasteiger charge is -2.29. The van der Waals surface area contributed by atoms with E-state index in [1.165, 1.54) is 0 Å². The summed E-state index contributed by atoms with van der Waals surface area (Å²) in [5.41, 5.74) is 4.21. The molecule has 1 aliphatic carbocycles. The summed E-state index contributed by atoms with van der Waals surface area (Å²) >= 11 is 0. The van der Waals surface area contributed by atoms with Crippen molar-refractivity contribution in [2.24, 2.45) is 5.41 Å². The van der Waals surface area contributed by atoms with Crippen LogP contribution in [0.4, 0.5) is 0 Å². The van der Waals surface area contributed by atoms with Gasteiger partial charge in [0.15, 0.2) is 5.78 Å². The normalized spacial score (nSPS) is 17.3. The van der Waals surface area contributed by atoms with Crippen molar-refractivity contribution < 1.29 is 4.79 Å². The summed E-state index contributed by atoms with van der Waals surface area (Å²) in [6.07, 6.45) is 5.51. The summed E-state index contributed by atoms with van der Waals surface area (Å²) in [7, 11) is 0. The summed E-state index contributed by atoms with van der Waals surface area (Å²) in [5, 5.41) is 4.43. The SMILES string of the molecule is Cc1cc2c(n1-c1cnn(C(C)C)c1)CC(C)(C)CC2=O. The van der Waals surface area contributed by atoms with Crippen LogP contribution in [-0.2, 0) is 6.42 Å². The third-order valence-corrected chi connectivity index (χ3v) is 4.25. The van der Waals surface area contributed by atoms with Crippen molar-refractivity contribution in [2.75, 3.05) is 0 Å². The Labute approximate surface area is 125 Å². The minimum Gasteiger partial charge on any atom is -0.315 e. The highest BCUT2D eigenvalue weighted by molar-refractivity contribution is 5.99. The summed E-state index contributed by atoms with van der Waals surface area (Å²) < 4.78 is 4.15. The predicted molar refractivity (Wildman–Crippen MR) is 83.1 cm³/mol. The molecule has 2 aromatic heterocycles. The van der Waals surface area contributed by atoms with Gasteiger partial charge in [-0.2, -0.15) is 5.10 Å². The molecule has 0 saturated heterocycles. The van der Waals surface area contributed by atoms with E-state index in [4.69, 9.17) is 0 Å². The van der Waals surface area contributed by atoms with E-state index >= 15 is 0 Å². The standard InChI is InChI=1S/C17H23N3O/c1-11(2)19-10-13(9-18-19)20-12(3)6-14-15(20)7-17(4,5)8-16(14)21/h6,9-11H,7-8H2,1-5H3. The molecule has 0 fully saturated rings. The van der Waals surface area contributed by atoms with Crippen LogP contribution in [0.3, 0.4) is 0 Å². The molecule has 0 N–H and O–H groups in total. The molecule has 0 aliphatic heterocycles. The van der Waals surface area contributed by atoms with E-state index in [9.17, 15) is 4.79 Å². The first-order valence-corrected chi connectivity index (χ1v) is 7.57. The molecule has 0 radical (unpaired) electrons. The van der Waals surface area contributed by atoms with Crippen LogP contribution in [0.25, 0.3) is 5.69 Å². The van der Waals surface area contributed by atoms with Crippen molar-refractivity contribution in [3.05, 3.63) is 35.4 Å². The van der Waals surface area contributed by atoms with Gasteiger partial charge in [0.1, 0.15) is 0 Å². The van der Waals surface area contributed by atoms with Crippen LogP contribution in [0.2, 0.25) is 0 Å². The minimum atomic E-state index is 0.0284. The zero-order chi connectivity index (χ0) is 15.4. The molecular formula is C17H23N3O. The fraction of sp³-hybridized carbons (Fsp3) is 0.529. The molecule has 0 spiro atoms. The van der Waals surface area contributed by atoms with Crippen molar-refractivity contribution in [2.45, 2.75) is 53.5 Å². The zero-order valence-electron chi connectivity index (χ0n) is 13.5. The molecule has 4 nitrogen and oxygen atoms in total. The maximum Gasteiger partial charge on any atom is 0.165 e. The Morgan fingerprint density at radius 1 is 1.29 bits per heavy atom. The number of nitrogens with zero attached hydrogens (tertiary/aromatic N) is 3. The number of hydrogen-bond donors (Lipinski definition) is 0. The largest absolute Gasteiger partial charge is 0.315 e. The highest BCUT2D eigenvalue weighted by atomic mass is 16.1. The summed E-state index contributed by atoms with van der Waals surface area (Å²) in [5.74, 6) is 0.263. The lowest BCUT2D eigenvalue weighted by molar-refractivity contribution is 0.0911. The topological polar surface area (TPSA) is 39.8 Å². The highest BCUT2D eigenvalue weighted by Gasteiger charge is 2.34. The van der Waals surface area contributed by atoms with E-state index in [-0.39, 0.29) is 11.2 Å². The van der Waals surface area contributed by atoms with Crippen LogP contribution in [-0.4, -0.2) is 20.1 Å². The van der Waals surface area contributed by atoms with Crippen molar-refractivity contribution in [1.29, 1.82) is 0 Å². The Bertz CT molecular complexity index is 704. The molecule has 0 unspecified atom stereocenters. The molecule has 112 valence electrons. The van der Waals surface area contributed by atoms with Gasteiger partial charge in [0.25, 0.3) is 0 Å². The maximum absolute atomic E-state index is 12.4. The Morgan fingerprint density at radius 2 is 2.00 bits per heavy atom. The first-order chi connectivity index (χ1) is 9.78. The molecular weight excluding hydrogens is 262 g/mol. The second kappa shape index (κ2) is 4.58. The van der Waals surface area contributed by atoms with E-state index in [2.05, 4.69) is 50.5 Å². The van der Waals surface area contributed by atoms with Gasteiger partial charge in [-0.3, -0.25) is 9.48 Å². The number of Topliss-reactive ketones (excluding diaryl/α,β-unsaturated/α-hetero) is 1. The highest BCUT2D eigenvalue weighted by Crippen LogP contribution is 2.37. The molecule has 3 rings (SSSR count). The first-order valence-electron chi connectivity index (χ1n) is 7.57. The number of rotatable bonds is 2. The number of carbonyl (C=O) groups excluding carboxylic acids is 1. The van der Waals surface area contributed by atoms with Crippen LogP contribution >= 0.6 is 0 Å². The smallest absolute Gasteiger partial charge is 0.165 e. The van der Waals surface area contributed by atoms with Crippen LogP contribution in [0.1, 0.15) is 61.9 Å². The number of fused-ring (bicyclic) bond motifs is 1. The van der Waals surface area contributed by atoms with E-state index in [0.717, 1.165) is 29.1 Å². The van der Waals surface area contributed by atoms with Gasteiger partial charge >= 0.3 is 0 Å². The first kappa shape index (κ1) is 14.1. The zero-order valence-corrected chi connectivity index (χ0v) is 13.5. The molecule has 4 heteroatoms. The monoisotopic (exact) mass is 285 g/mol. The van der Waals surface area contributed by atoms with Crippen molar-refractivity contribution >= 4 is 5.78 Å². The van der Waals surface area contributed by atoms with Gasteiger partial charge in [-0.15, -0.1) is 0 Å². The Kier molecular flexibility index (Phi) is 3.08. The average molecular weight is 285 g/mol. The van der Waals surface area contributed by atoms with Crippen molar-refractivity contribution in [3.8, 4) is 5.69 Å². The Hall–Kier alpha value is -1.84. The van der Waals surface area contributed by atoms with Gasteiger partial charge < -0.3 is 4.57 Å². The number of ketones is 1. The fourth-order valence-electron chi connectivity index (χ4n) is 3.24. The van der Waals surface area contributed by atoms with E-state index < -0.39 is 0 Å². The summed E-state index contributed by atoms with van der Waals surface area (Å²) in [6.45, 7) is 10.6. The summed E-state index contributed by atoms with van der Waals surface area (Å²) in [6, 6.07) is 2.36.